The zero-order valence-corrected chi connectivity index (χ0v) is 8.09. The van der Waals surface area contributed by atoms with Crippen LogP contribution in [0.2, 0.25) is 0 Å². The minimum Gasteiger partial charge on any atom is -0.340 e. The highest BCUT2D eigenvalue weighted by Gasteiger charge is 1.96. The van der Waals surface area contributed by atoms with Gasteiger partial charge in [0.05, 0.1) is 0 Å². The van der Waals surface area contributed by atoms with Crippen LogP contribution >= 0.6 is 0 Å². The molecule has 0 saturated carbocycles. The lowest BCUT2D eigenvalue weighted by molar-refractivity contribution is -0.138. The van der Waals surface area contributed by atoms with Crippen molar-refractivity contribution in [3.63, 3.8) is 0 Å². The van der Waals surface area contributed by atoms with Crippen LogP contribution in [0.5, 0.6) is 5.75 Å². The van der Waals surface area contributed by atoms with Crippen molar-refractivity contribution in [1.29, 1.82) is 0 Å². The molecule has 0 aliphatic rings. The Morgan fingerprint density at radius 2 is 1.75 bits per heavy atom. The van der Waals surface area contributed by atoms with E-state index in [4.69, 9.17) is 5.26 Å². The molecule has 0 radical (unpaired) electrons. The number of aryl methyl sites for hydroxylation is 2. The van der Waals surface area contributed by atoms with Crippen molar-refractivity contribution in [3.05, 3.63) is 29.3 Å². The maximum absolute atomic E-state index is 8.31. The Hall–Kier alpha value is -1.02. The van der Waals surface area contributed by atoms with E-state index in [2.05, 4.69) is 4.89 Å². The first-order chi connectivity index (χ1) is 5.74. The average Bonchev–Trinajstić information content (AvgIpc) is 2.08. The molecule has 0 aliphatic carbocycles. The standard InChI is InChI=1S/C8H10O2.C2H6/c1-6-3-4-8(10-9)7(2)5-6;1-2/h3-5,9H,1-2H3;1-2H3. The van der Waals surface area contributed by atoms with Crippen molar-refractivity contribution >= 4 is 0 Å². The lowest BCUT2D eigenvalue weighted by atomic mass is 10.1. The summed E-state index contributed by atoms with van der Waals surface area (Å²) in [5.74, 6) is 0.519. The third-order valence-corrected chi connectivity index (χ3v) is 1.43. The van der Waals surface area contributed by atoms with Gasteiger partial charge < -0.3 is 4.89 Å². The van der Waals surface area contributed by atoms with E-state index in [0.717, 1.165) is 5.56 Å². The van der Waals surface area contributed by atoms with Gasteiger partial charge in [-0.1, -0.05) is 31.5 Å². The molecule has 0 bridgehead atoms. The Bertz CT molecular complexity index is 231. The third kappa shape index (κ3) is 2.93. The summed E-state index contributed by atoms with van der Waals surface area (Å²) in [4.78, 5) is 4.10. The average molecular weight is 168 g/mol. The van der Waals surface area contributed by atoms with Crippen molar-refractivity contribution in [2.24, 2.45) is 0 Å². The zero-order valence-electron chi connectivity index (χ0n) is 8.09. The molecule has 0 spiro atoms. The Morgan fingerprint density at radius 3 is 2.17 bits per heavy atom. The molecule has 2 nitrogen and oxygen atoms in total. The smallest absolute Gasteiger partial charge is 0.168 e. The van der Waals surface area contributed by atoms with Crippen LogP contribution in [0.1, 0.15) is 25.0 Å². The van der Waals surface area contributed by atoms with Gasteiger partial charge in [0.15, 0.2) is 5.75 Å². The van der Waals surface area contributed by atoms with Gasteiger partial charge in [0.1, 0.15) is 0 Å². The van der Waals surface area contributed by atoms with Crippen molar-refractivity contribution < 1.29 is 10.1 Å². The fourth-order valence-electron chi connectivity index (χ4n) is 0.902. The lowest BCUT2D eigenvalue weighted by Crippen LogP contribution is -1.87. The van der Waals surface area contributed by atoms with Crippen LogP contribution in [0.15, 0.2) is 18.2 Å². The van der Waals surface area contributed by atoms with Gasteiger partial charge in [0.25, 0.3) is 0 Å². The van der Waals surface area contributed by atoms with Gasteiger partial charge in [-0.3, -0.25) is 0 Å². The molecule has 0 aromatic heterocycles. The summed E-state index contributed by atoms with van der Waals surface area (Å²) in [6.07, 6.45) is 0. The molecule has 1 aromatic rings. The minimum absolute atomic E-state index is 0.519. The zero-order chi connectivity index (χ0) is 9.56. The number of benzene rings is 1. The van der Waals surface area contributed by atoms with E-state index >= 15 is 0 Å². The summed E-state index contributed by atoms with van der Waals surface area (Å²) >= 11 is 0. The first-order valence-electron chi connectivity index (χ1n) is 4.12. The molecule has 0 atom stereocenters. The predicted octanol–water partition coefficient (Wildman–Crippen LogP) is 3.18. The third-order valence-electron chi connectivity index (χ3n) is 1.43. The molecule has 0 amide bonds. The number of hydrogen-bond donors (Lipinski definition) is 1. The van der Waals surface area contributed by atoms with Gasteiger partial charge in [-0.25, -0.2) is 5.26 Å². The molecule has 1 aromatic carbocycles. The quantitative estimate of drug-likeness (QED) is 0.515. The molecule has 12 heavy (non-hydrogen) atoms. The molecule has 1 N–H and O–H groups in total. The second kappa shape index (κ2) is 5.61. The molecule has 0 fully saturated rings. The SMILES string of the molecule is CC.Cc1ccc(OO)c(C)c1. The summed E-state index contributed by atoms with van der Waals surface area (Å²) < 4.78 is 0. The highest BCUT2D eigenvalue weighted by atomic mass is 17.1. The molecule has 0 saturated heterocycles. The topological polar surface area (TPSA) is 29.5 Å². The van der Waals surface area contributed by atoms with E-state index in [1.165, 1.54) is 5.56 Å². The van der Waals surface area contributed by atoms with Crippen LogP contribution in [-0.4, -0.2) is 5.26 Å². The van der Waals surface area contributed by atoms with Gasteiger partial charge in [0, 0.05) is 0 Å². The Morgan fingerprint density at radius 1 is 1.17 bits per heavy atom. The van der Waals surface area contributed by atoms with Crippen LogP contribution in [0.3, 0.4) is 0 Å². The van der Waals surface area contributed by atoms with E-state index in [1.807, 2.05) is 39.8 Å². The van der Waals surface area contributed by atoms with Crippen LogP contribution in [0.25, 0.3) is 0 Å². The molecule has 0 heterocycles. The normalized spacial score (nSPS) is 8.42. The molecular weight excluding hydrogens is 152 g/mol. The Balaban J connectivity index is 0.000000561. The molecule has 0 unspecified atom stereocenters. The minimum atomic E-state index is 0.519. The molecule has 1 rings (SSSR count). The van der Waals surface area contributed by atoms with Gasteiger partial charge >= 0.3 is 0 Å². The monoisotopic (exact) mass is 168 g/mol. The summed E-state index contributed by atoms with van der Waals surface area (Å²) in [5.41, 5.74) is 2.11. The van der Waals surface area contributed by atoms with Crippen molar-refractivity contribution in [3.8, 4) is 5.75 Å². The molecule has 0 aliphatic heterocycles. The summed E-state index contributed by atoms with van der Waals surface area (Å²) in [6, 6.07) is 5.58. The fourth-order valence-corrected chi connectivity index (χ4v) is 0.902. The fraction of sp³-hybridized carbons (Fsp3) is 0.400. The highest BCUT2D eigenvalue weighted by Crippen LogP contribution is 2.17. The first-order valence-corrected chi connectivity index (χ1v) is 4.12. The maximum atomic E-state index is 8.31. The van der Waals surface area contributed by atoms with E-state index < -0.39 is 0 Å². The molecule has 68 valence electrons. The van der Waals surface area contributed by atoms with Crippen LogP contribution in [0, 0.1) is 13.8 Å². The summed E-state index contributed by atoms with van der Waals surface area (Å²) in [7, 11) is 0. The Kier molecular flexibility index (Phi) is 5.13. The van der Waals surface area contributed by atoms with Crippen LogP contribution in [-0.2, 0) is 0 Å². The van der Waals surface area contributed by atoms with Gasteiger partial charge in [-0.05, 0) is 25.5 Å². The van der Waals surface area contributed by atoms with Gasteiger partial charge in [-0.2, -0.15) is 0 Å². The van der Waals surface area contributed by atoms with Crippen LogP contribution < -0.4 is 4.89 Å². The van der Waals surface area contributed by atoms with E-state index in [9.17, 15) is 0 Å². The van der Waals surface area contributed by atoms with Crippen molar-refractivity contribution in [2.75, 3.05) is 0 Å². The van der Waals surface area contributed by atoms with E-state index in [0.29, 0.717) is 5.75 Å². The van der Waals surface area contributed by atoms with E-state index in [-0.39, 0.29) is 0 Å². The predicted molar refractivity (Wildman–Crippen MR) is 50.5 cm³/mol. The lowest BCUT2D eigenvalue weighted by Gasteiger charge is -2.00. The van der Waals surface area contributed by atoms with Gasteiger partial charge in [-0.15, -0.1) is 0 Å². The summed E-state index contributed by atoms with van der Waals surface area (Å²) in [5, 5.41) is 8.31. The van der Waals surface area contributed by atoms with Crippen molar-refractivity contribution in [1.82, 2.24) is 0 Å². The second-order valence-electron chi connectivity index (χ2n) is 2.36. The number of hydrogen-bond acceptors (Lipinski definition) is 2. The first kappa shape index (κ1) is 11.0. The van der Waals surface area contributed by atoms with E-state index in [1.54, 1.807) is 6.07 Å². The second-order valence-corrected chi connectivity index (χ2v) is 2.36. The van der Waals surface area contributed by atoms with Gasteiger partial charge in [0.2, 0.25) is 0 Å². The summed E-state index contributed by atoms with van der Waals surface area (Å²) in [6.45, 7) is 7.88. The van der Waals surface area contributed by atoms with Crippen LogP contribution in [0.4, 0.5) is 0 Å². The molecule has 2 heteroatoms. The Labute approximate surface area is 73.7 Å². The highest BCUT2D eigenvalue weighted by molar-refractivity contribution is 5.34. The largest absolute Gasteiger partial charge is 0.340 e. The number of rotatable bonds is 1. The van der Waals surface area contributed by atoms with Crippen molar-refractivity contribution in [2.45, 2.75) is 27.7 Å². The maximum Gasteiger partial charge on any atom is 0.168 e. The molecular formula is C10H16O2.